The van der Waals surface area contributed by atoms with Crippen LogP contribution >= 0.6 is 0 Å². The molecule has 4 aromatic rings. The number of aromatic amines is 2. The van der Waals surface area contributed by atoms with Crippen molar-refractivity contribution in [2.24, 2.45) is 0 Å². The highest BCUT2D eigenvalue weighted by Crippen LogP contribution is 2.36. The number of amides is 2. The molecule has 11 nitrogen and oxygen atoms in total. The smallest absolute Gasteiger partial charge is 0.410 e. The quantitative estimate of drug-likeness (QED) is 0.193. The molecule has 11 heteroatoms. The van der Waals surface area contributed by atoms with Crippen LogP contribution in [0, 0.1) is 0 Å². The lowest BCUT2D eigenvalue weighted by Crippen LogP contribution is -2.36. The van der Waals surface area contributed by atoms with E-state index in [1.807, 2.05) is 72.0 Å². The third-order valence-corrected chi connectivity index (χ3v) is 8.63. The summed E-state index contributed by atoms with van der Waals surface area (Å²) < 4.78 is 11.3. The van der Waals surface area contributed by atoms with Crippen molar-refractivity contribution in [3.8, 4) is 33.6 Å². The van der Waals surface area contributed by atoms with E-state index in [9.17, 15) is 14.7 Å². The van der Waals surface area contributed by atoms with Crippen LogP contribution in [0.15, 0.2) is 54.7 Å². The maximum absolute atomic E-state index is 12.9. The molecular formula is C37H46N6O5. The molecule has 0 spiro atoms. The van der Waals surface area contributed by atoms with Crippen LogP contribution in [0.2, 0.25) is 0 Å². The van der Waals surface area contributed by atoms with E-state index in [-0.39, 0.29) is 30.9 Å². The minimum atomic E-state index is -0.582. The van der Waals surface area contributed by atoms with Gasteiger partial charge in [-0.15, -0.1) is 0 Å². The Labute approximate surface area is 281 Å². The molecule has 4 heterocycles. The standard InChI is InChI=1S/C37H46N6O5/c1-36(2,3)47-34(45)42-19-7-9-29(42)32-38-21-27(39-32)25-15-11-23(12-16-25)24-13-17-26(18-14-24)31-28(22-44)40-33(41-31)30-10-8-20-43(30)35(46)48-37(4,5)6/h11-18,21,29-30,44H,7-10,19-20,22H2,1-6H3,(H,38,39)(H,40,41)/t29-,30-/m0/s1. The van der Waals surface area contributed by atoms with Crippen molar-refractivity contribution in [2.75, 3.05) is 13.1 Å². The predicted octanol–water partition coefficient (Wildman–Crippen LogP) is 7.77. The highest BCUT2D eigenvalue weighted by atomic mass is 16.6. The number of hydrogen-bond acceptors (Lipinski definition) is 7. The first-order valence-corrected chi connectivity index (χ1v) is 16.7. The van der Waals surface area contributed by atoms with E-state index in [1.165, 1.54) is 0 Å². The van der Waals surface area contributed by atoms with Gasteiger partial charge < -0.3 is 24.5 Å². The van der Waals surface area contributed by atoms with Crippen LogP contribution in [0.1, 0.15) is 96.7 Å². The van der Waals surface area contributed by atoms with E-state index in [1.54, 1.807) is 9.80 Å². The summed E-state index contributed by atoms with van der Waals surface area (Å²) in [6, 6.07) is 16.0. The molecule has 0 unspecified atom stereocenters. The number of hydrogen-bond donors (Lipinski definition) is 3. The van der Waals surface area contributed by atoms with Crippen molar-refractivity contribution in [3.05, 3.63) is 72.1 Å². The second-order valence-electron chi connectivity index (χ2n) is 14.6. The van der Waals surface area contributed by atoms with Gasteiger partial charge in [0.1, 0.15) is 22.9 Å². The molecule has 2 aromatic carbocycles. The van der Waals surface area contributed by atoms with E-state index in [0.717, 1.165) is 59.5 Å². The number of H-pyrrole nitrogens is 2. The highest BCUT2D eigenvalue weighted by Gasteiger charge is 2.36. The number of carbonyl (C=O) groups is 2. The lowest BCUT2D eigenvalue weighted by molar-refractivity contribution is 0.0208. The van der Waals surface area contributed by atoms with Crippen molar-refractivity contribution in [1.29, 1.82) is 0 Å². The fourth-order valence-corrected chi connectivity index (χ4v) is 6.44. The van der Waals surface area contributed by atoms with Gasteiger partial charge in [-0.2, -0.15) is 0 Å². The molecule has 2 saturated heterocycles. The summed E-state index contributed by atoms with van der Waals surface area (Å²) >= 11 is 0. The lowest BCUT2D eigenvalue weighted by Gasteiger charge is -2.27. The summed E-state index contributed by atoms with van der Waals surface area (Å²) in [5.41, 5.74) is 5.03. The Bertz CT molecular complexity index is 1750. The normalized spacial score (nSPS) is 18.4. The van der Waals surface area contributed by atoms with Crippen molar-refractivity contribution in [1.82, 2.24) is 29.7 Å². The van der Waals surface area contributed by atoms with Crippen LogP contribution in [0.5, 0.6) is 0 Å². The zero-order valence-electron chi connectivity index (χ0n) is 28.7. The van der Waals surface area contributed by atoms with Gasteiger partial charge in [-0.05, 0) is 83.9 Å². The van der Waals surface area contributed by atoms with E-state index in [0.29, 0.717) is 30.3 Å². The summed E-state index contributed by atoms with van der Waals surface area (Å²) in [4.78, 5) is 45.4. The van der Waals surface area contributed by atoms with Crippen molar-refractivity contribution >= 4 is 12.2 Å². The molecule has 3 N–H and O–H groups in total. The van der Waals surface area contributed by atoms with Crippen LogP contribution in [0.25, 0.3) is 33.6 Å². The van der Waals surface area contributed by atoms with Crippen LogP contribution < -0.4 is 0 Å². The minimum absolute atomic E-state index is 0.134. The number of likely N-dealkylation sites (tertiary alicyclic amines) is 2. The summed E-state index contributed by atoms with van der Waals surface area (Å²) in [6.45, 7) is 12.3. The Balaban J connectivity index is 1.15. The number of carbonyl (C=O) groups excluding carboxylic acids is 2. The number of aliphatic hydroxyl groups excluding tert-OH is 1. The summed E-state index contributed by atoms with van der Waals surface area (Å²) in [6.07, 6.45) is 4.54. The van der Waals surface area contributed by atoms with Crippen molar-refractivity contribution in [2.45, 2.75) is 97.1 Å². The second kappa shape index (κ2) is 13.1. The van der Waals surface area contributed by atoms with E-state index >= 15 is 0 Å². The molecule has 0 aliphatic carbocycles. The van der Waals surface area contributed by atoms with Crippen molar-refractivity contribution in [3.63, 3.8) is 0 Å². The fourth-order valence-electron chi connectivity index (χ4n) is 6.44. The molecule has 2 atom stereocenters. The van der Waals surface area contributed by atoms with E-state index in [4.69, 9.17) is 14.5 Å². The molecule has 2 amide bonds. The SMILES string of the molecule is CC(C)(C)OC(=O)N1CCC[C@H]1c1ncc(-c2ccc(-c3ccc(-c4nc([C@@H]5CCCN5C(=O)OC(C)(C)C)[nH]c4CO)cc3)cc2)[nH]1. The maximum atomic E-state index is 12.9. The number of benzene rings is 2. The number of imidazole rings is 2. The Morgan fingerprint density at radius 2 is 1.23 bits per heavy atom. The molecule has 48 heavy (non-hydrogen) atoms. The van der Waals surface area contributed by atoms with Gasteiger partial charge in [0.05, 0.1) is 42.0 Å². The second-order valence-corrected chi connectivity index (χ2v) is 14.6. The molecule has 2 aromatic heterocycles. The van der Waals surface area contributed by atoms with Crippen LogP contribution in [-0.4, -0.2) is 71.3 Å². The topological polar surface area (TPSA) is 137 Å². The van der Waals surface area contributed by atoms with Gasteiger partial charge in [0, 0.05) is 18.7 Å². The monoisotopic (exact) mass is 654 g/mol. The number of aliphatic hydroxyl groups is 1. The molecule has 2 aliphatic rings. The zero-order chi connectivity index (χ0) is 34.2. The number of nitrogens with one attached hydrogen (secondary N) is 2. The molecule has 6 rings (SSSR count). The number of ether oxygens (including phenoxy) is 2. The first-order chi connectivity index (χ1) is 22.8. The molecule has 0 saturated carbocycles. The Morgan fingerprint density at radius 1 is 0.750 bits per heavy atom. The largest absolute Gasteiger partial charge is 0.444 e. The van der Waals surface area contributed by atoms with E-state index < -0.39 is 11.2 Å². The van der Waals surface area contributed by atoms with Crippen LogP contribution in [0.3, 0.4) is 0 Å². The molecule has 2 fully saturated rings. The summed E-state index contributed by atoms with van der Waals surface area (Å²) in [5.74, 6) is 1.42. The van der Waals surface area contributed by atoms with Gasteiger partial charge in [-0.25, -0.2) is 19.6 Å². The average molecular weight is 655 g/mol. The van der Waals surface area contributed by atoms with Gasteiger partial charge in [0.25, 0.3) is 0 Å². The third-order valence-electron chi connectivity index (χ3n) is 8.63. The van der Waals surface area contributed by atoms with Crippen LogP contribution in [0.4, 0.5) is 9.59 Å². The highest BCUT2D eigenvalue weighted by molar-refractivity contribution is 5.73. The van der Waals surface area contributed by atoms with Crippen LogP contribution in [-0.2, 0) is 16.1 Å². The number of aromatic nitrogens is 4. The maximum Gasteiger partial charge on any atom is 0.410 e. The fraction of sp³-hybridized carbons (Fsp3) is 0.459. The summed E-state index contributed by atoms with van der Waals surface area (Å²) in [5, 5.41) is 10.2. The molecule has 0 bridgehead atoms. The van der Waals surface area contributed by atoms with Gasteiger partial charge in [0.15, 0.2) is 0 Å². The van der Waals surface area contributed by atoms with Gasteiger partial charge in [0.2, 0.25) is 0 Å². The molecule has 2 aliphatic heterocycles. The third kappa shape index (κ3) is 7.26. The Hall–Kier alpha value is -4.64. The van der Waals surface area contributed by atoms with Gasteiger partial charge >= 0.3 is 12.2 Å². The first kappa shape index (κ1) is 33.3. The first-order valence-electron chi connectivity index (χ1n) is 16.7. The van der Waals surface area contributed by atoms with Crippen molar-refractivity contribution < 1.29 is 24.2 Å². The molecule has 0 radical (unpaired) electrons. The molecule has 254 valence electrons. The Morgan fingerprint density at radius 3 is 1.73 bits per heavy atom. The van der Waals surface area contributed by atoms with E-state index in [2.05, 4.69) is 39.2 Å². The van der Waals surface area contributed by atoms with Gasteiger partial charge in [-0.3, -0.25) is 9.80 Å². The minimum Gasteiger partial charge on any atom is -0.444 e. The zero-order valence-corrected chi connectivity index (χ0v) is 28.7. The Kier molecular flexibility index (Phi) is 9.08. The predicted molar refractivity (Wildman–Crippen MR) is 183 cm³/mol. The average Bonchev–Trinajstić information content (AvgIpc) is 3.85. The number of rotatable bonds is 6. The number of nitrogens with zero attached hydrogens (tertiary/aromatic N) is 4. The van der Waals surface area contributed by atoms with Gasteiger partial charge in [-0.1, -0.05) is 48.5 Å². The summed E-state index contributed by atoms with van der Waals surface area (Å²) in [7, 11) is 0. The lowest BCUT2D eigenvalue weighted by atomic mass is 10.0. The molecular weight excluding hydrogens is 608 g/mol.